The summed E-state index contributed by atoms with van der Waals surface area (Å²) in [6.45, 7) is 0. The highest BCUT2D eigenvalue weighted by Gasteiger charge is 2.51. The molecule has 1 unspecified atom stereocenters. The van der Waals surface area contributed by atoms with E-state index in [4.69, 9.17) is 4.42 Å². The standard InChI is InChI=1S/C62H39NO/c1-2-17-39(18-3-1)43-20-10-14-29-55(43)63(56-30-16-32-58-61(56)49-26-11-15-31-57(49)64-58)42-34-36-53-50(38-42)46-23-7-6-22-45(46)47-24-8-12-27-51(47)62(53)52-28-13-9-25-48(52)60-54(62)35-33-41-37-40-19-4-5-21-44(40)59(41)60/h1-36,38H,37H2. The molecule has 1 heterocycles. The highest BCUT2D eigenvalue weighted by atomic mass is 16.3. The summed E-state index contributed by atoms with van der Waals surface area (Å²) in [4.78, 5) is 2.47. The van der Waals surface area contributed by atoms with Gasteiger partial charge in [0.1, 0.15) is 11.2 Å². The summed E-state index contributed by atoms with van der Waals surface area (Å²) >= 11 is 0. The molecule has 0 saturated carbocycles. The van der Waals surface area contributed by atoms with E-state index in [2.05, 4.69) is 229 Å². The summed E-state index contributed by atoms with van der Waals surface area (Å²) in [5.74, 6) is 0. The zero-order chi connectivity index (χ0) is 41.9. The van der Waals surface area contributed by atoms with Gasteiger partial charge in [0, 0.05) is 16.6 Å². The second-order valence-electron chi connectivity index (χ2n) is 17.4. The third kappa shape index (κ3) is 4.74. The van der Waals surface area contributed by atoms with Crippen molar-refractivity contribution in [3.05, 3.63) is 258 Å². The quantitative estimate of drug-likeness (QED) is 0.176. The van der Waals surface area contributed by atoms with Crippen LogP contribution in [0.15, 0.2) is 229 Å². The maximum atomic E-state index is 6.58. The summed E-state index contributed by atoms with van der Waals surface area (Å²) in [5, 5.41) is 2.19. The van der Waals surface area contributed by atoms with Gasteiger partial charge in [0.15, 0.2) is 0 Å². The summed E-state index contributed by atoms with van der Waals surface area (Å²) in [6, 6.07) is 83.2. The molecule has 0 amide bonds. The summed E-state index contributed by atoms with van der Waals surface area (Å²) in [5.41, 5.74) is 25.2. The molecule has 1 atom stereocenters. The lowest BCUT2D eigenvalue weighted by Gasteiger charge is -2.36. The van der Waals surface area contributed by atoms with Crippen LogP contribution in [0.5, 0.6) is 0 Å². The molecule has 1 spiro atoms. The minimum atomic E-state index is -0.602. The average Bonchev–Trinajstić information content (AvgIpc) is 4.01. The SMILES string of the molecule is c1ccc(-c2ccccc2N(c2ccc3c(c2)-c2ccccc2-c2ccccc2C32c3ccccc3-c3c2ccc2c3-c3ccccc3C2)c2cccc3oc4ccccc4c23)cc1. The highest BCUT2D eigenvalue weighted by Crippen LogP contribution is 2.64. The van der Waals surface area contributed by atoms with Crippen LogP contribution in [0.3, 0.4) is 0 Å². The van der Waals surface area contributed by atoms with Gasteiger partial charge in [-0.1, -0.05) is 188 Å². The van der Waals surface area contributed by atoms with Crippen LogP contribution in [0.1, 0.15) is 33.4 Å². The molecule has 11 aromatic rings. The van der Waals surface area contributed by atoms with Crippen molar-refractivity contribution in [1.82, 2.24) is 0 Å². The Hall–Kier alpha value is -8.20. The summed E-state index contributed by atoms with van der Waals surface area (Å²) in [7, 11) is 0. The number of anilines is 3. The molecule has 14 rings (SSSR count). The van der Waals surface area contributed by atoms with E-state index in [-0.39, 0.29) is 0 Å². The van der Waals surface area contributed by atoms with E-state index < -0.39 is 5.41 Å². The fourth-order valence-electron chi connectivity index (χ4n) is 11.8. The zero-order valence-corrected chi connectivity index (χ0v) is 34.9. The lowest BCUT2D eigenvalue weighted by Crippen LogP contribution is -2.29. The van der Waals surface area contributed by atoms with Crippen LogP contribution < -0.4 is 4.90 Å². The normalized spacial score (nSPS) is 14.9. The maximum Gasteiger partial charge on any atom is 0.137 e. The first-order chi connectivity index (χ1) is 31.8. The molecule has 3 aliphatic carbocycles. The highest BCUT2D eigenvalue weighted by molar-refractivity contribution is 6.14. The molecular formula is C62H39NO. The van der Waals surface area contributed by atoms with Gasteiger partial charge in [-0.2, -0.15) is 0 Å². The van der Waals surface area contributed by atoms with E-state index in [9.17, 15) is 0 Å². The summed E-state index contributed by atoms with van der Waals surface area (Å²) in [6.07, 6.45) is 0.953. The molecule has 1 aromatic heterocycles. The maximum absolute atomic E-state index is 6.58. The lowest BCUT2D eigenvalue weighted by molar-refractivity contribution is 0.669. The number of hydrogen-bond acceptors (Lipinski definition) is 2. The molecule has 2 heteroatoms. The Kier molecular flexibility index (Phi) is 7.41. The van der Waals surface area contributed by atoms with E-state index in [0.29, 0.717) is 0 Å². The largest absolute Gasteiger partial charge is 0.456 e. The molecular weight excluding hydrogens is 775 g/mol. The zero-order valence-electron chi connectivity index (χ0n) is 34.9. The van der Waals surface area contributed by atoms with Crippen molar-refractivity contribution in [3.8, 4) is 55.6 Å². The first kappa shape index (κ1) is 35.4. The van der Waals surface area contributed by atoms with Crippen LogP contribution in [0.4, 0.5) is 17.1 Å². The molecule has 0 radical (unpaired) electrons. The number of fused-ring (bicyclic) bond motifs is 19. The van der Waals surface area contributed by atoms with Crippen molar-refractivity contribution in [2.45, 2.75) is 11.8 Å². The van der Waals surface area contributed by atoms with Crippen molar-refractivity contribution in [3.63, 3.8) is 0 Å². The molecule has 0 aliphatic heterocycles. The Morgan fingerprint density at radius 2 is 0.953 bits per heavy atom. The molecule has 0 bridgehead atoms. The Balaban J connectivity index is 1.11. The van der Waals surface area contributed by atoms with Crippen molar-refractivity contribution in [2.75, 3.05) is 4.90 Å². The molecule has 0 saturated heterocycles. The van der Waals surface area contributed by atoms with Gasteiger partial charge in [-0.3, -0.25) is 0 Å². The molecule has 298 valence electrons. The van der Waals surface area contributed by atoms with Crippen molar-refractivity contribution in [2.24, 2.45) is 0 Å². The number of rotatable bonds is 4. The molecule has 64 heavy (non-hydrogen) atoms. The van der Waals surface area contributed by atoms with Gasteiger partial charge in [0.2, 0.25) is 0 Å². The predicted molar refractivity (Wildman–Crippen MR) is 264 cm³/mol. The van der Waals surface area contributed by atoms with E-state index in [0.717, 1.165) is 56.5 Å². The molecule has 3 aliphatic rings. The van der Waals surface area contributed by atoms with Crippen molar-refractivity contribution >= 4 is 39.0 Å². The second kappa shape index (κ2) is 13.4. The Bertz CT molecular complexity index is 3720. The van der Waals surface area contributed by atoms with Crippen LogP contribution in [0.2, 0.25) is 0 Å². The van der Waals surface area contributed by atoms with Crippen LogP contribution >= 0.6 is 0 Å². The third-order valence-corrected chi connectivity index (χ3v) is 14.3. The number of hydrogen-bond donors (Lipinski definition) is 0. The van der Waals surface area contributed by atoms with Crippen LogP contribution in [-0.4, -0.2) is 0 Å². The number of nitrogens with zero attached hydrogens (tertiary/aromatic N) is 1. The average molecular weight is 814 g/mol. The van der Waals surface area contributed by atoms with E-state index in [1.807, 2.05) is 0 Å². The monoisotopic (exact) mass is 813 g/mol. The van der Waals surface area contributed by atoms with Gasteiger partial charge in [0.05, 0.1) is 22.2 Å². The second-order valence-corrected chi connectivity index (χ2v) is 17.4. The third-order valence-electron chi connectivity index (χ3n) is 14.3. The smallest absolute Gasteiger partial charge is 0.137 e. The molecule has 0 N–H and O–H groups in total. The van der Waals surface area contributed by atoms with E-state index in [1.54, 1.807) is 0 Å². The first-order valence-corrected chi connectivity index (χ1v) is 22.3. The van der Waals surface area contributed by atoms with E-state index in [1.165, 1.54) is 77.9 Å². The van der Waals surface area contributed by atoms with Crippen molar-refractivity contribution in [1.29, 1.82) is 0 Å². The molecule has 10 aromatic carbocycles. The Morgan fingerprint density at radius 1 is 0.359 bits per heavy atom. The number of para-hydroxylation sites is 2. The van der Waals surface area contributed by atoms with Crippen molar-refractivity contribution < 1.29 is 4.42 Å². The van der Waals surface area contributed by atoms with Gasteiger partial charge < -0.3 is 9.32 Å². The Morgan fingerprint density at radius 3 is 1.80 bits per heavy atom. The fourth-order valence-corrected chi connectivity index (χ4v) is 11.8. The van der Waals surface area contributed by atoms with Gasteiger partial charge in [0.25, 0.3) is 0 Å². The van der Waals surface area contributed by atoms with Crippen LogP contribution in [0.25, 0.3) is 77.6 Å². The molecule has 2 nitrogen and oxygen atoms in total. The van der Waals surface area contributed by atoms with Gasteiger partial charge >= 0.3 is 0 Å². The lowest BCUT2D eigenvalue weighted by atomic mass is 9.65. The topological polar surface area (TPSA) is 16.4 Å². The van der Waals surface area contributed by atoms with Gasteiger partial charge in [-0.15, -0.1) is 0 Å². The van der Waals surface area contributed by atoms with Crippen LogP contribution in [0, 0.1) is 0 Å². The summed E-state index contributed by atoms with van der Waals surface area (Å²) < 4.78 is 6.58. The number of benzene rings is 10. The minimum absolute atomic E-state index is 0.602. The van der Waals surface area contributed by atoms with E-state index >= 15 is 0 Å². The van der Waals surface area contributed by atoms with Gasteiger partial charge in [-0.25, -0.2) is 0 Å². The van der Waals surface area contributed by atoms with Gasteiger partial charge in [-0.05, 0) is 126 Å². The predicted octanol–water partition coefficient (Wildman–Crippen LogP) is 16.3. The first-order valence-electron chi connectivity index (χ1n) is 22.3. The molecule has 0 fully saturated rings. The number of furan rings is 1. The van der Waals surface area contributed by atoms with Crippen LogP contribution in [-0.2, 0) is 11.8 Å². The Labute approximate surface area is 372 Å². The minimum Gasteiger partial charge on any atom is -0.456 e. The fraction of sp³-hybridized carbons (Fsp3) is 0.0323.